The van der Waals surface area contributed by atoms with Gasteiger partial charge in [0.1, 0.15) is 0 Å². The van der Waals surface area contributed by atoms with Crippen molar-refractivity contribution in [2.45, 2.75) is 26.1 Å². The van der Waals surface area contributed by atoms with E-state index in [1.807, 2.05) is 6.92 Å². The Morgan fingerprint density at radius 2 is 1.88 bits per heavy atom. The second-order valence-corrected chi connectivity index (χ2v) is 4.65. The molecule has 0 bridgehead atoms. The van der Waals surface area contributed by atoms with Crippen LogP contribution in [0.15, 0.2) is 0 Å². The molecule has 17 heavy (non-hydrogen) atoms. The zero-order chi connectivity index (χ0) is 13.1. The molecule has 1 aliphatic carbocycles. The predicted molar refractivity (Wildman–Crippen MR) is 61.2 cm³/mol. The van der Waals surface area contributed by atoms with Crippen LogP contribution in [-0.4, -0.2) is 45.3 Å². The third-order valence-electron chi connectivity index (χ3n) is 3.98. The molecule has 0 spiro atoms. The number of hydrogen-bond acceptors (Lipinski definition) is 5. The smallest absolute Gasteiger partial charge is 0.312 e. The van der Waals surface area contributed by atoms with Crippen LogP contribution in [0.25, 0.3) is 0 Å². The van der Waals surface area contributed by atoms with Crippen LogP contribution in [-0.2, 0) is 19.0 Å². The molecule has 0 aromatic heterocycles. The van der Waals surface area contributed by atoms with Gasteiger partial charge in [0.05, 0.1) is 12.5 Å². The summed E-state index contributed by atoms with van der Waals surface area (Å²) in [6.45, 7) is 1.86. The molecule has 1 fully saturated rings. The van der Waals surface area contributed by atoms with Crippen LogP contribution in [0.2, 0.25) is 0 Å². The van der Waals surface area contributed by atoms with Gasteiger partial charge in [0.2, 0.25) is 0 Å². The fraction of sp³-hybridized carbons (Fsp3) is 0.917. The van der Waals surface area contributed by atoms with E-state index in [1.165, 1.54) is 7.11 Å². The number of carbonyl (C=O) groups excluding carboxylic acids is 1. The quantitative estimate of drug-likeness (QED) is 0.532. The molecule has 3 atom stereocenters. The summed E-state index contributed by atoms with van der Waals surface area (Å²) in [5.41, 5.74) is -0.546. The first-order chi connectivity index (χ1) is 8.05. The minimum atomic E-state index is -0.546. The van der Waals surface area contributed by atoms with Gasteiger partial charge < -0.3 is 19.3 Å². The number of esters is 1. The van der Waals surface area contributed by atoms with E-state index in [4.69, 9.17) is 14.2 Å². The van der Waals surface area contributed by atoms with Gasteiger partial charge in [0.25, 0.3) is 0 Å². The molecule has 100 valence electrons. The van der Waals surface area contributed by atoms with E-state index >= 15 is 0 Å². The minimum absolute atomic E-state index is 0.00990. The van der Waals surface area contributed by atoms with Crippen LogP contribution < -0.4 is 0 Å². The molecule has 0 saturated heterocycles. The zero-order valence-electron chi connectivity index (χ0n) is 10.9. The first kappa shape index (κ1) is 14.4. The third-order valence-corrected chi connectivity index (χ3v) is 3.98. The molecule has 0 radical (unpaired) electrons. The number of hydrogen-bond donors (Lipinski definition) is 1. The van der Waals surface area contributed by atoms with Crippen LogP contribution in [0, 0.1) is 17.3 Å². The predicted octanol–water partition coefficient (Wildman–Crippen LogP) is 0.803. The molecular formula is C12H22O5. The highest BCUT2D eigenvalue weighted by Crippen LogP contribution is 2.61. The summed E-state index contributed by atoms with van der Waals surface area (Å²) < 4.78 is 15.0. The normalized spacial score (nSPS) is 31.6. The molecule has 0 aromatic carbocycles. The van der Waals surface area contributed by atoms with Crippen molar-refractivity contribution in [1.29, 1.82) is 0 Å². The van der Waals surface area contributed by atoms with Crippen molar-refractivity contribution in [1.82, 2.24) is 0 Å². The summed E-state index contributed by atoms with van der Waals surface area (Å²) in [4.78, 5) is 11.7. The van der Waals surface area contributed by atoms with Crippen molar-refractivity contribution in [3.63, 3.8) is 0 Å². The van der Waals surface area contributed by atoms with Gasteiger partial charge in [-0.1, -0.05) is 0 Å². The second-order valence-electron chi connectivity index (χ2n) is 4.65. The Bertz CT molecular complexity index is 264. The lowest BCUT2D eigenvalue weighted by Crippen LogP contribution is -2.19. The Kier molecular flexibility index (Phi) is 4.91. The van der Waals surface area contributed by atoms with Gasteiger partial charge in [-0.3, -0.25) is 4.79 Å². The number of ether oxygens (including phenoxy) is 3. The summed E-state index contributed by atoms with van der Waals surface area (Å²) in [5, 5.41) is 9.27. The van der Waals surface area contributed by atoms with Gasteiger partial charge in [-0.15, -0.1) is 0 Å². The average molecular weight is 246 g/mol. The highest BCUT2D eigenvalue weighted by molar-refractivity contribution is 5.80. The number of aliphatic hydroxyl groups excluding tert-OH is 1. The molecule has 0 aliphatic heterocycles. The Hall–Kier alpha value is -0.650. The van der Waals surface area contributed by atoms with Gasteiger partial charge in [-0.25, -0.2) is 0 Å². The van der Waals surface area contributed by atoms with Crippen LogP contribution in [0.3, 0.4) is 0 Å². The molecule has 0 aromatic rings. The highest BCUT2D eigenvalue weighted by Gasteiger charge is 2.65. The first-order valence-electron chi connectivity index (χ1n) is 5.81. The molecule has 5 heteroatoms. The Morgan fingerprint density at radius 3 is 2.29 bits per heavy atom. The number of aliphatic hydroxyl groups is 1. The standard InChI is InChI=1S/C12H22O5/c1-12(11(14)17-4)8(9(12)7-13)5-6-10(15-2)16-3/h8-10,13H,5-7H2,1-4H3/t8-,9-,12-/m0/s1. The van der Waals surface area contributed by atoms with Gasteiger partial charge in [-0.2, -0.15) is 0 Å². The second kappa shape index (κ2) is 5.80. The highest BCUT2D eigenvalue weighted by atomic mass is 16.7. The molecule has 5 nitrogen and oxygen atoms in total. The van der Waals surface area contributed by atoms with Gasteiger partial charge in [0.15, 0.2) is 6.29 Å². The van der Waals surface area contributed by atoms with E-state index in [2.05, 4.69) is 0 Å². The lowest BCUT2D eigenvalue weighted by Gasteiger charge is -2.13. The molecule has 1 rings (SSSR count). The molecule has 0 unspecified atom stereocenters. The topological polar surface area (TPSA) is 65.0 Å². The maximum Gasteiger partial charge on any atom is 0.312 e. The SMILES string of the molecule is COC(=O)[C@]1(C)[C@@H](CO)[C@@H]1CCC(OC)OC. The van der Waals surface area contributed by atoms with Crippen molar-refractivity contribution in [3.8, 4) is 0 Å². The van der Waals surface area contributed by atoms with Crippen LogP contribution in [0.1, 0.15) is 19.8 Å². The van der Waals surface area contributed by atoms with Crippen LogP contribution in [0.5, 0.6) is 0 Å². The summed E-state index contributed by atoms with van der Waals surface area (Å²) in [7, 11) is 4.55. The molecule has 0 amide bonds. The van der Waals surface area contributed by atoms with Crippen molar-refractivity contribution in [2.75, 3.05) is 27.9 Å². The summed E-state index contributed by atoms with van der Waals surface area (Å²) in [6.07, 6.45) is 1.24. The third kappa shape index (κ3) is 2.61. The first-order valence-corrected chi connectivity index (χ1v) is 5.81. The zero-order valence-corrected chi connectivity index (χ0v) is 10.9. The molecule has 0 heterocycles. The largest absolute Gasteiger partial charge is 0.469 e. The Morgan fingerprint density at radius 1 is 1.29 bits per heavy atom. The summed E-state index contributed by atoms with van der Waals surface area (Å²) in [5.74, 6) is -0.106. The number of carbonyl (C=O) groups is 1. The van der Waals surface area contributed by atoms with Gasteiger partial charge in [0, 0.05) is 26.7 Å². The van der Waals surface area contributed by atoms with Crippen LogP contribution in [0.4, 0.5) is 0 Å². The van der Waals surface area contributed by atoms with E-state index in [1.54, 1.807) is 14.2 Å². The Labute approximate surface area is 102 Å². The lowest BCUT2D eigenvalue weighted by molar-refractivity contribution is -0.148. The van der Waals surface area contributed by atoms with E-state index in [0.29, 0.717) is 6.42 Å². The summed E-state index contributed by atoms with van der Waals surface area (Å²) >= 11 is 0. The summed E-state index contributed by atoms with van der Waals surface area (Å²) in [6, 6.07) is 0. The number of rotatable bonds is 7. The molecule has 1 N–H and O–H groups in total. The fourth-order valence-electron chi connectivity index (χ4n) is 2.69. The average Bonchev–Trinajstić information content (AvgIpc) is 2.95. The molecular weight excluding hydrogens is 224 g/mol. The maximum absolute atomic E-state index is 11.7. The van der Waals surface area contributed by atoms with Crippen molar-refractivity contribution < 1.29 is 24.1 Å². The van der Waals surface area contributed by atoms with E-state index in [9.17, 15) is 9.90 Å². The van der Waals surface area contributed by atoms with Crippen molar-refractivity contribution in [2.24, 2.45) is 17.3 Å². The van der Waals surface area contributed by atoms with Gasteiger partial charge >= 0.3 is 5.97 Å². The molecule has 1 aliphatic rings. The Balaban J connectivity index is 2.52. The number of methoxy groups -OCH3 is 3. The molecule has 1 saturated carbocycles. The van der Waals surface area contributed by atoms with Crippen molar-refractivity contribution >= 4 is 5.97 Å². The minimum Gasteiger partial charge on any atom is -0.469 e. The van der Waals surface area contributed by atoms with Gasteiger partial charge in [-0.05, 0) is 25.7 Å². The lowest BCUT2D eigenvalue weighted by atomic mass is 10.0. The van der Waals surface area contributed by atoms with E-state index < -0.39 is 5.41 Å². The van der Waals surface area contributed by atoms with Crippen LogP contribution >= 0.6 is 0 Å². The van der Waals surface area contributed by atoms with E-state index in [0.717, 1.165) is 6.42 Å². The fourth-order valence-corrected chi connectivity index (χ4v) is 2.69. The monoisotopic (exact) mass is 246 g/mol. The van der Waals surface area contributed by atoms with E-state index in [-0.39, 0.29) is 30.7 Å². The maximum atomic E-state index is 11.7. The van der Waals surface area contributed by atoms with Crippen molar-refractivity contribution in [3.05, 3.63) is 0 Å².